The van der Waals surface area contributed by atoms with E-state index in [2.05, 4.69) is 5.32 Å². The quantitative estimate of drug-likeness (QED) is 0.675. The number of carbonyl (C=O) groups excluding carboxylic acids is 2. The number of hydrogen-bond acceptors (Lipinski definition) is 3. The van der Waals surface area contributed by atoms with Crippen LogP contribution in [0.3, 0.4) is 0 Å². The third-order valence-corrected chi connectivity index (χ3v) is 2.59. The lowest BCUT2D eigenvalue weighted by Crippen LogP contribution is -2.27. The average molecular weight is 304 g/mol. The van der Waals surface area contributed by atoms with Crippen molar-refractivity contribution in [2.75, 3.05) is 11.2 Å². The number of carbonyl (C=O) groups is 2. The Balaban J connectivity index is 2.79. The Morgan fingerprint density at radius 2 is 1.95 bits per heavy atom. The molecule has 0 saturated carbocycles. The van der Waals surface area contributed by atoms with Gasteiger partial charge >= 0.3 is 6.09 Å². The van der Waals surface area contributed by atoms with Crippen LogP contribution in [0.15, 0.2) is 18.2 Å². The van der Waals surface area contributed by atoms with E-state index in [1.807, 2.05) is 0 Å². The Labute approximate surface area is 122 Å². The molecule has 1 aromatic carbocycles. The highest BCUT2D eigenvalue weighted by Gasteiger charge is 2.17. The van der Waals surface area contributed by atoms with Gasteiger partial charge in [0.25, 0.3) is 0 Å². The van der Waals surface area contributed by atoms with Crippen molar-refractivity contribution in [3.05, 3.63) is 28.8 Å². The molecular weight excluding hydrogens is 289 g/mol. The lowest BCUT2D eigenvalue weighted by Gasteiger charge is -2.19. The number of rotatable bonds is 3. The van der Waals surface area contributed by atoms with Gasteiger partial charge in [-0.05, 0) is 39.0 Å². The van der Waals surface area contributed by atoms with E-state index >= 15 is 0 Å². The highest BCUT2D eigenvalue weighted by atomic mass is 35.5. The highest BCUT2D eigenvalue weighted by Crippen LogP contribution is 2.22. The van der Waals surface area contributed by atoms with Crippen molar-refractivity contribution in [3.63, 3.8) is 0 Å². The minimum Gasteiger partial charge on any atom is -0.444 e. The predicted octanol–water partition coefficient (Wildman–Crippen LogP) is 4.11. The third kappa shape index (κ3) is 5.09. The van der Waals surface area contributed by atoms with Gasteiger partial charge in [-0.15, -0.1) is 11.6 Å². The Kier molecular flexibility index (Phi) is 5.20. The molecular formula is C13H15Cl2NO3. The van der Waals surface area contributed by atoms with E-state index in [0.717, 1.165) is 0 Å². The third-order valence-electron chi connectivity index (χ3n) is 2.04. The summed E-state index contributed by atoms with van der Waals surface area (Å²) in [6, 6.07) is 4.56. The number of hydrogen-bond donors (Lipinski definition) is 1. The van der Waals surface area contributed by atoms with Crippen LogP contribution < -0.4 is 5.32 Å². The van der Waals surface area contributed by atoms with Crippen LogP contribution in [0.5, 0.6) is 0 Å². The maximum atomic E-state index is 11.5. The second-order valence-electron chi connectivity index (χ2n) is 4.88. The van der Waals surface area contributed by atoms with E-state index in [9.17, 15) is 9.59 Å². The summed E-state index contributed by atoms with van der Waals surface area (Å²) in [5, 5.41) is 2.77. The Hall–Kier alpha value is -1.26. The zero-order valence-corrected chi connectivity index (χ0v) is 12.4. The average Bonchev–Trinajstić information content (AvgIpc) is 2.25. The molecule has 4 nitrogen and oxygen atoms in total. The molecule has 0 aliphatic rings. The van der Waals surface area contributed by atoms with Crippen LogP contribution in [0.2, 0.25) is 5.02 Å². The highest BCUT2D eigenvalue weighted by molar-refractivity contribution is 6.37. The Morgan fingerprint density at radius 1 is 1.32 bits per heavy atom. The topological polar surface area (TPSA) is 55.4 Å². The number of anilines is 1. The van der Waals surface area contributed by atoms with Crippen molar-refractivity contribution in [3.8, 4) is 0 Å². The lowest BCUT2D eigenvalue weighted by atomic mass is 10.1. The molecule has 19 heavy (non-hydrogen) atoms. The summed E-state index contributed by atoms with van der Waals surface area (Å²) in [6.45, 7) is 5.30. The molecule has 0 aliphatic carbocycles. The van der Waals surface area contributed by atoms with Crippen LogP contribution in [0.1, 0.15) is 31.1 Å². The second-order valence-corrected chi connectivity index (χ2v) is 5.55. The maximum absolute atomic E-state index is 11.5. The van der Waals surface area contributed by atoms with E-state index in [1.165, 1.54) is 12.1 Å². The van der Waals surface area contributed by atoms with Crippen LogP contribution >= 0.6 is 23.2 Å². The summed E-state index contributed by atoms with van der Waals surface area (Å²) in [4.78, 5) is 23.0. The lowest BCUT2D eigenvalue weighted by molar-refractivity contribution is 0.0636. The van der Waals surface area contributed by atoms with Crippen molar-refractivity contribution >= 4 is 40.8 Å². The summed E-state index contributed by atoms with van der Waals surface area (Å²) in [7, 11) is 0. The molecule has 0 unspecified atom stereocenters. The van der Waals surface area contributed by atoms with E-state index in [1.54, 1.807) is 26.8 Å². The first kappa shape index (κ1) is 15.8. The molecule has 0 saturated heterocycles. The Morgan fingerprint density at radius 3 is 2.42 bits per heavy atom. The number of benzene rings is 1. The van der Waals surface area contributed by atoms with Crippen molar-refractivity contribution in [1.82, 2.24) is 0 Å². The molecule has 1 rings (SSSR count). The molecule has 0 aliphatic heterocycles. The fraction of sp³-hybridized carbons (Fsp3) is 0.385. The zero-order chi connectivity index (χ0) is 14.6. The molecule has 0 radical (unpaired) electrons. The fourth-order valence-corrected chi connectivity index (χ4v) is 1.74. The molecule has 0 atom stereocenters. The number of alkyl halides is 1. The molecule has 1 N–H and O–H groups in total. The van der Waals surface area contributed by atoms with Gasteiger partial charge in [-0.2, -0.15) is 0 Å². The number of halogens is 2. The van der Waals surface area contributed by atoms with Crippen molar-refractivity contribution < 1.29 is 14.3 Å². The summed E-state index contributed by atoms with van der Waals surface area (Å²) < 4.78 is 5.10. The van der Waals surface area contributed by atoms with E-state index < -0.39 is 11.7 Å². The van der Waals surface area contributed by atoms with Crippen LogP contribution in [0.25, 0.3) is 0 Å². The first-order chi connectivity index (χ1) is 8.73. The maximum Gasteiger partial charge on any atom is 0.412 e. The van der Waals surface area contributed by atoms with E-state index in [0.29, 0.717) is 11.3 Å². The molecule has 0 spiro atoms. The fourth-order valence-electron chi connectivity index (χ4n) is 1.31. The smallest absolute Gasteiger partial charge is 0.412 e. The van der Waals surface area contributed by atoms with Crippen LogP contribution in [0.4, 0.5) is 10.5 Å². The summed E-state index contributed by atoms with van der Waals surface area (Å²) in [5.74, 6) is -0.408. The molecule has 0 fully saturated rings. The van der Waals surface area contributed by atoms with Crippen LogP contribution in [-0.2, 0) is 4.74 Å². The normalized spacial score (nSPS) is 11.0. The van der Waals surface area contributed by atoms with Gasteiger partial charge in [-0.25, -0.2) is 4.79 Å². The molecule has 104 valence electrons. The minimum absolute atomic E-state index is 0.140. The molecule has 6 heteroatoms. The SMILES string of the molecule is CC(C)(C)OC(=O)Nc1ccc(C(=O)CCl)c(Cl)c1. The number of ether oxygens (including phenoxy) is 1. The van der Waals surface area contributed by atoms with E-state index in [-0.39, 0.29) is 16.7 Å². The monoisotopic (exact) mass is 303 g/mol. The van der Waals surface area contributed by atoms with Gasteiger partial charge in [0, 0.05) is 11.3 Å². The number of amides is 1. The first-order valence-corrected chi connectivity index (χ1v) is 6.53. The number of Topliss-reactive ketones (excluding diaryl/α,β-unsaturated/α-hetero) is 1. The van der Waals surface area contributed by atoms with Gasteiger partial charge < -0.3 is 4.74 Å². The van der Waals surface area contributed by atoms with Gasteiger partial charge in [0.1, 0.15) is 5.60 Å². The van der Waals surface area contributed by atoms with Gasteiger partial charge in [0.2, 0.25) is 0 Å². The first-order valence-electron chi connectivity index (χ1n) is 5.61. The number of ketones is 1. The molecule has 0 bridgehead atoms. The van der Waals surface area contributed by atoms with Gasteiger partial charge in [-0.1, -0.05) is 11.6 Å². The second kappa shape index (κ2) is 6.26. The molecule has 0 heterocycles. The summed E-state index contributed by atoms with van der Waals surface area (Å²) in [5.41, 5.74) is 0.194. The van der Waals surface area contributed by atoms with Crippen LogP contribution in [-0.4, -0.2) is 23.4 Å². The van der Waals surface area contributed by atoms with Crippen molar-refractivity contribution in [2.45, 2.75) is 26.4 Å². The zero-order valence-electron chi connectivity index (χ0n) is 10.9. The standard InChI is InChI=1S/C13H15Cl2NO3/c1-13(2,3)19-12(18)16-8-4-5-9(10(15)6-8)11(17)7-14/h4-6H,7H2,1-3H3,(H,16,18). The Bertz CT molecular complexity index is 495. The van der Waals surface area contributed by atoms with Gasteiger partial charge in [0.05, 0.1) is 10.9 Å². The molecule has 1 aromatic rings. The number of nitrogens with one attached hydrogen (secondary N) is 1. The summed E-state index contributed by atoms with van der Waals surface area (Å²) >= 11 is 11.4. The molecule has 0 aromatic heterocycles. The van der Waals surface area contributed by atoms with E-state index in [4.69, 9.17) is 27.9 Å². The van der Waals surface area contributed by atoms with Gasteiger partial charge in [0.15, 0.2) is 5.78 Å². The summed E-state index contributed by atoms with van der Waals surface area (Å²) in [6.07, 6.45) is -0.583. The van der Waals surface area contributed by atoms with Gasteiger partial charge in [-0.3, -0.25) is 10.1 Å². The van der Waals surface area contributed by atoms with Crippen molar-refractivity contribution in [1.29, 1.82) is 0 Å². The molecule has 1 amide bonds. The largest absolute Gasteiger partial charge is 0.444 e. The minimum atomic E-state index is -0.583. The van der Waals surface area contributed by atoms with Crippen LogP contribution in [0, 0.1) is 0 Å². The predicted molar refractivity (Wildman–Crippen MR) is 76.4 cm³/mol. The van der Waals surface area contributed by atoms with Crippen molar-refractivity contribution in [2.24, 2.45) is 0 Å².